The highest BCUT2D eigenvalue weighted by atomic mass is 16.5. The molecule has 0 heterocycles. The molecule has 1 rings (SSSR count). The fraction of sp³-hybridized carbons (Fsp3) is 0.600. The fourth-order valence-electron chi connectivity index (χ4n) is 2.28. The van der Waals surface area contributed by atoms with Gasteiger partial charge < -0.3 is 20.7 Å². The van der Waals surface area contributed by atoms with Crippen LogP contribution in [0.2, 0.25) is 0 Å². The van der Waals surface area contributed by atoms with E-state index in [2.05, 4.69) is 33.1 Å². The van der Waals surface area contributed by atoms with Gasteiger partial charge in [-0.1, -0.05) is 12.1 Å². The van der Waals surface area contributed by atoms with Crippen LogP contribution in [0.5, 0.6) is 5.75 Å². The van der Waals surface area contributed by atoms with E-state index in [0.717, 1.165) is 25.3 Å². The van der Waals surface area contributed by atoms with Crippen molar-refractivity contribution in [3.8, 4) is 5.75 Å². The van der Waals surface area contributed by atoms with Gasteiger partial charge >= 0.3 is 0 Å². The van der Waals surface area contributed by atoms with E-state index in [9.17, 15) is 4.79 Å². The van der Waals surface area contributed by atoms with Crippen molar-refractivity contribution < 1.29 is 9.53 Å². The third-order valence-electron chi connectivity index (χ3n) is 3.24. The predicted octanol–water partition coefficient (Wildman–Crippen LogP) is 2.49. The van der Waals surface area contributed by atoms with Gasteiger partial charge in [-0.3, -0.25) is 4.79 Å². The summed E-state index contributed by atoms with van der Waals surface area (Å²) in [5, 5.41) is 9.32. The van der Waals surface area contributed by atoms with Crippen molar-refractivity contribution in [3.63, 3.8) is 0 Å². The SMILES string of the molecule is CCNC(=NCC(=O)NC(C)(C)C)NCCc1ccc(OC(C)C)cc1. The van der Waals surface area contributed by atoms with Crippen LogP contribution >= 0.6 is 0 Å². The van der Waals surface area contributed by atoms with E-state index in [1.165, 1.54) is 5.56 Å². The summed E-state index contributed by atoms with van der Waals surface area (Å²) in [6, 6.07) is 8.12. The van der Waals surface area contributed by atoms with Crippen molar-refractivity contribution in [2.24, 2.45) is 4.99 Å². The highest BCUT2D eigenvalue weighted by Gasteiger charge is 2.13. The molecule has 0 bridgehead atoms. The number of nitrogens with zero attached hydrogens (tertiary/aromatic N) is 1. The first-order valence-electron chi connectivity index (χ1n) is 9.28. The number of nitrogens with one attached hydrogen (secondary N) is 3. The number of carbonyl (C=O) groups excluding carboxylic acids is 1. The number of carbonyl (C=O) groups is 1. The van der Waals surface area contributed by atoms with Gasteiger partial charge in [-0.25, -0.2) is 4.99 Å². The molecule has 6 heteroatoms. The van der Waals surface area contributed by atoms with E-state index in [-0.39, 0.29) is 24.1 Å². The molecule has 146 valence electrons. The highest BCUT2D eigenvalue weighted by molar-refractivity contribution is 5.85. The maximum atomic E-state index is 11.9. The van der Waals surface area contributed by atoms with Crippen LogP contribution in [0.3, 0.4) is 0 Å². The molecular weight excluding hydrogens is 328 g/mol. The Morgan fingerprint density at radius 2 is 1.81 bits per heavy atom. The van der Waals surface area contributed by atoms with E-state index in [4.69, 9.17) is 4.74 Å². The quantitative estimate of drug-likeness (QED) is 0.491. The molecule has 0 aliphatic heterocycles. The van der Waals surface area contributed by atoms with Crippen molar-refractivity contribution in [2.45, 2.75) is 59.6 Å². The van der Waals surface area contributed by atoms with Gasteiger partial charge in [0.2, 0.25) is 5.91 Å². The number of hydrogen-bond donors (Lipinski definition) is 3. The van der Waals surface area contributed by atoms with Gasteiger partial charge in [0.05, 0.1) is 6.10 Å². The maximum absolute atomic E-state index is 11.9. The largest absolute Gasteiger partial charge is 0.491 e. The van der Waals surface area contributed by atoms with Gasteiger partial charge in [0, 0.05) is 18.6 Å². The molecule has 0 saturated carbocycles. The van der Waals surface area contributed by atoms with Gasteiger partial charge in [-0.05, 0) is 65.7 Å². The third-order valence-corrected chi connectivity index (χ3v) is 3.24. The Hall–Kier alpha value is -2.24. The summed E-state index contributed by atoms with van der Waals surface area (Å²) in [7, 11) is 0. The van der Waals surface area contributed by atoms with Crippen molar-refractivity contribution in [1.29, 1.82) is 0 Å². The summed E-state index contributed by atoms with van der Waals surface area (Å²) >= 11 is 0. The maximum Gasteiger partial charge on any atom is 0.242 e. The van der Waals surface area contributed by atoms with Crippen LogP contribution in [0.25, 0.3) is 0 Å². The Kier molecular flexibility index (Phi) is 8.96. The van der Waals surface area contributed by atoms with E-state index >= 15 is 0 Å². The highest BCUT2D eigenvalue weighted by Crippen LogP contribution is 2.13. The summed E-state index contributed by atoms with van der Waals surface area (Å²) in [6.45, 7) is 13.5. The van der Waals surface area contributed by atoms with Crippen LogP contribution in [0.15, 0.2) is 29.3 Å². The normalized spacial score (nSPS) is 12.0. The molecule has 0 fully saturated rings. The molecule has 0 spiro atoms. The lowest BCUT2D eigenvalue weighted by molar-refractivity contribution is -0.121. The predicted molar refractivity (Wildman–Crippen MR) is 108 cm³/mol. The molecule has 26 heavy (non-hydrogen) atoms. The molecule has 0 aliphatic rings. The number of ether oxygens (including phenoxy) is 1. The van der Waals surface area contributed by atoms with Crippen molar-refractivity contribution in [3.05, 3.63) is 29.8 Å². The average molecular weight is 363 g/mol. The van der Waals surface area contributed by atoms with Gasteiger partial charge in [-0.2, -0.15) is 0 Å². The second-order valence-electron chi connectivity index (χ2n) is 7.48. The van der Waals surface area contributed by atoms with Crippen molar-refractivity contribution in [2.75, 3.05) is 19.6 Å². The topological polar surface area (TPSA) is 74.8 Å². The summed E-state index contributed by atoms with van der Waals surface area (Å²) < 4.78 is 5.65. The van der Waals surface area contributed by atoms with Crippen molar-refractivity contribution in [1.82, 2.24) is 16.0 Å². The Bertz CT molecular complexity index is 574. The molecule has 1 aromatic carbocycles. The van der Waals surface area contributed by atoms with E-state index in [0.29, 0.717) is 5.96 Å². The zero-order valence-corrected chi connectivity index (χ0v) is 17.0. The molecule has 1 amide bonds. The van der Waals surface area contributed by atoms with Crippen LogP contribution in [-0.2, 0) is 11.2 Å². The number of benzene rings is 1. The number of hydrogen-bond acceptors (Lipinski definition) is 3. The Morgan fingerprint density at radius 3 is 2.35 bits per heavy atom. The molecule has 0 saturated heterocycles. The lowest BCUT2D eigenvalue weighted by Gasteiger charge is -2.20. The average Bonchev–Trinajstić information content (AvgIpc) is 2.52. The Morgan fingerprint density at radius 1 is 1.15 bits per heavy atom. The monoisotopic (exact) mass is 362 g/mol. The molecule has 0 aliphatic carbocycles. The van der Waals surface area contributed by atoms with Gasteiger partial charge in [0.15, 0.2) is 5.96 Å². The van der Waals surface area contributed by atoms with Crippen molar-refractivity contribution >= 4 is 11.9 Å². The van der Waals surface area contributed by atoms with E-state index < -0.39 is 0 Å². The zero-order valence-electron chi connectivity index (χ0n) is 17.0. The minimum absolute atomic E-state index is 0.0876. The molecular formula is C20H34N4O2. The summed E-state index contributed by atoms with van der Waals surface area (Å²) in [6.07, 6.45) is 1.04. The van der Waals surface area contributed by atoms with Gasteiger partial charge in [0.25, 0.3) is 0 Å². The Labute approximate surface area is 157 Å². The lowest BCUT2D eigenvalue weighted by atomic mass is 10.1. The summed E-state index contributed by atoms with van der Waals surface area (Å²) in [4.78, 5) is 16.2. The first-order chi connectivity index (χ1) is 12.2. The van der Waals surface area contributed by atoms with Crippen LogP contribution in [0.1, 0.15) is 47.1 Å². The number of rotatable bonds is 8. The fourth-order valence-corrected chi connectivity index (χ4v) is 2.28. The standard InChI is InChI=1S/C20H34N4O2/c1-7-21-19(23-14-18(25)24-20(4,5)6)22-13-12-16-8-10-17(11-9-16)26-15(2)3/h8-11,15H,7,12-14H2,1-6H3,(H,24,25)(H2,21,22,23). The second-order valence-corrected chi connectivity index (χ2v) is 7.48. The van der Waals surface area contributed by atoms with Crippen LogP contribution in [0.4, 0.5) is 0 Å². The zero-order chi connectivity index (χ0) is 19.6. The van der Waals surface area contributed by atoms with E-state index in [1.54, 1.807) is 0 Å². The second kappa shape index (κ2) is 10.7. The Balaban J connectivity index is 2.47. The molecule has 3 N–H and O–H groups in total. The number of amides is 1. The van der Waals surface area contributed by atoms with Gasteiger partial charge in [-0.15, -0.1) is 0 Å². The summed E-state index contributed by atoms with van der Waals surface area (Å²) in [5.74, 6) is 1.45. The van der Waals surface area contributed by atoms with Crippen LogP contribution in [-0.4, -0.2) is 43.1 Å². The smallest absolute Gasteiger partial charge is 0.242 e. The van der Waals surface area contributed by atoms with Gasteiger partial charge in [0.1, 0.15) is 12.3 Å². The minimum Gasteiger partial charge on any atom is -0.491 e. The first kappa shape index (κ1) is 21.8. The molecule has 6 nitrogen and oxygen atoms in total. The number of guanidine groups is 1. The third kappa shape index (κ3) is 9.91. The molecule has 0 unspecified atom stereocenters. The molecule has 1 aromatic rings. The minimum atomic E-state index is -0.246. The van der Waals surface area contributed by atoms with Crippen LogP contribution in [0, 0.1) is 0 Å². The molecule has 0 aromatic heterocycles. The van der Waals surface area contributed by atoms with E-state index in [1.807, 2.05) is 53.7 Å². The number of aliphatic imine (C=N–C) groups is 1. The summed E-state index contributed by atoms with van der Waals surface area (Å²) in [5.41, 5.74) is 0.971. The molecule has 0 atom stereocenters. The van der Waals surface area contributed by atoms with Crippen LogP contribution < -0.4 is 20.7 Å². The first-order valence-corrected chi connectivity index (χ1v) is 9.28. The molecule has 0 radical (unpaired) electrons. The lowest BCUT2D eigenvalue weighted by Crippen LogP contribution is -2.43.